The highest BCUT2D eigenvalue weighted by Gasteiger charge is 2.68. The highest BCUT2D eigenvalue weighted by atomic mass is 32.2. The Morgan fingerprint density at radius 2 is 1.62 bits per heavy atom. The molecule has 5 nitrogen and oxygen atoms in total. The number of fused-ring (bicyclic) bond motifs is 7. The van der Waals surface area contributed by atoms with Crippen molar-refractivity contribution in [2.24, 2.45) is 27.6 Å². The summed E-state index contributed by atoms with van der Waals surface area (Å²) in [5, 5.41) is 0.549. The second-order valence-electron chi connectivity index (χ2n) is 16.8. The van der Waals surface area contributed by atoms with E-state index in [2.05, 4.69) is 79.6 Å². The van der Waals surface area contributed by atoms with E-state index in [4.69, 9.17) is 9.47 Å². The molecule has 0 aliphatic heterocycles. The number of ether oxygens (including phenoxy) is 2. The predicted molar refractivity (Wildman–Crippen MR) is 186 cm³/mol. The van der Waals surface area contributed by atoms with Gasteiger partial charge in [0, 0.05) is 36.6 Å². The fourth-order valence-corrected chi connectivity index (χ4v) is 12.4. The molecular formula is C39H59NO4S. The average Bonchev–Trinajstić information content (AvgIpc) is 2.92. The number of hydrogen-bond donors (Lipinski definition) is 0. The Bertz CT molecular complexity index is 1400. The van der Waals surface area contributed by atoms with Gasteiger partial charge in [-0.3, -0.25) is 9.59 Å². The number of rotatable bonds is 7. The molecule has 0 bridgehead atoms. The third-order valence-electron chi connectivity index (χ3n) is 13.0. The molecular weight excluding hydrogens is 578 g/mol. The summed E-state index contributed by atoms with van der Waals surface area (Å²) < 4.78 is 11.6. The zero-order chi connectivity index (χ0) is 33.3. The van der Waals surface area contributed by atoms with Crippen molar-refractivity contribution in [2.45, 2.75) is 137 Å². The normalized spacial score (nSPS) is 37.2. The molecule has 1 unspecified atom stereocenters. The molecule has 6 heteroatoms. The summed E-state index contributed by atoms with van der Waals surface area (Å²) >= 11 is 1.98. The molecule has 4 aliphatic carbocycles. The molecule has 1 aromatic carbocycles. The van der Waals surface area contributed by atoms with Crippen LogP contribution in [0.3, 0.4) is 0 Å². The lowest BCUT2D eigenvalue weighted by atomic mass is 9.33. The SMILES string of the molecule is CC[C@@]12CC[C@]3(C)C(=CC(SC(C)C)c4c3cc(OC(C)=O)c(OC(C)=O)c4C)[C@@]1(C)CC[C@@]1(C)CC[C@@](C)(CN(C)C)C[C@H]12. The monoisotopic (exact) mass is 637 g/mol. The van der Waals surface area contributed by atoms with Crippen LogP contribution in [-0.4, -0.2) is 42.7 Å². The quantitative estimate of drug-likeness (QED) is 0.169. The Kier molecular flexibility index (Phi) is 9.00. The molecule has 1 aromatic rings. The molecule has 250 valence electrons. The van der Waals surface area contributed by atoms with Gasteiger partial charge < -0.3 is 14.4 Å². The average molecular weight is 638 g/mol. The van der Waals surface area contributed by atoms with Crippen molar-refractivity contribution in [3.05, 3.63) is 34.4 Å². The van der Waals surface area contributed by atoms with E-state index in [1.54, 1.807) is 5.57 Å². The molecule has 3 fully saturated rings. The van der Waals surface area contributed by atoms with Crippen LogP contribution in [0, 0.1) is 34.5 Å². The minimum absolute atomic E-state index is 0.0623. The minimum atomic E-state index is -0.408. The molecule has 0 spiro atoms. The van der Waals surface area contributed by atoms with E-state index in [0.717, 1.165) is 18.5 Å². The molecule has 0 aromatic heterocycles. The number of esters is 2. The van der Waals surface area contributed by atoms with Crippen LogP contribution >= 0.6 is 11.8 Å². The maximum Gasteiger partial charge on any atom is 0.308 e. The Balaban J connectivity index is 1.72. The smallest absolute Gasteiger partial charge is 0.308 e. The van der Waals surface area contributed by atoms with Gasteiger partial charge in [-0.05, 0) is 122 Å². The summed E-state index contributed by atoms with van der Waals surface area (Å²) in [4.78, 5) is 27.0. The lowest BCUT2D eigenvalue weighted by molar-refractivity contribution is -0.171. The van der Waals surface area contributed by atoms with Crippen LogP contribution in [0.4, 0.5) is 0 Å². The number of carbonyl (C=O) groups excluding carboxylic acids is 2. The van der Waals surface area contributed by atoms with E-state index in [-0.39, 0.29) is 21.5 Å². The van der Waals surface area contributed by atoms with Crippen molar-refractivity contribution in [1.82, 2.24) is 4.90 Å². The van der Waals surface area contributed by atoms with Gasteiger partial charge in [0.2, 0.25) is 0 Å². The van der Waals surface area contributed by atoms with E-state index in [1.807, 2.05) is 18.7 Å². The molecule has 3 saturated carbocycles. The van der Waals surface area contributed by atoms with Crippen LogP contribution in [0.2, 0.25) is 0 Å². The van der Waals surface area contributed by atoms with Crippen molar-refractivity contribution in [2.75, 3.05) is 20.6 Å². The van der Waals surface area contributed by atoms with Crippen molar-refractivity contribution >= 4 is 23.7 Å². The lowest BCUT2D eigenvalue weighted by Gasteiger charge is -2.71. The summed E-state index contributed by atoms with van der Waals surface area (Å²) in [6, 6.07) is 2.06. The summed E-state index contributed by atoms with van der Waals surface area (Å²) in [6.07, 6.45) is 12.6. The van der Waals surface area contributed by atoms with Crippen LogP contribution in [0.15, 0.2) is 17.7 Å². The van der Waals surface area contributed by atoms with E-state index in [1.165, 1.54) is 69.9 Å². The Hall–Kier alpha value is -1.79. The van der Waals surface area contributed by atoms with Gasteiger partial charge >= 0.3 is 11.9 Å². The van der Waals surface area contributed by atoms with Gasteiger partial charge in [-0.2, -0.15) is 0 Å². The van der Waals surface area contributed by atoms with Gasteiger partial charge in [-0.25, -0.2) is 0 Å². The highest BCUT2D eigenvalue weighted by Crippen LogP contribution is 2.76. The van der Waals surface area contributed by atoms with Gasteiger partial charge in [0.05, 0.1) is 0 Å². The minimum Gasteiger partial charge on any atom is -0.423 e. The number of hydrogen-bond acceptors (Lipinski definition) is 6. The van der Waals surface area contributed by atoms with Crippen LogP contribution in [0.1, 0.15) is 136 Å². The lowest BCUT2D eigenvalue weighted by Crippen LogP contribution is -2.63. The maximum absolute atomic E-state index is 12.3. The third-order valence-corrected chi connectivity index (χ3v) is 14.2. The molecule has 5 rings (SSSR count). The van der Waals surface area contributed by atoms with Crippen LogP contribution in [0.5, 0.6) is 11.5 Å². The van der Waals surface area contributed by atoms with Gasteiger partial charge in [0.1, 0.15) is 0 Å². The molecule has 0 N–H and O–H groups in total. The van der Waals surface area contributed by atoms with Crippen LogP contribution < -0.4 is 9.47 Å². The Labute approximate surface area is 277 Å². The topological polar surface area (TPSA) is 55.8 Å². The first-order valence-corrected chi connectivity index (χ1v) is 18.4. The molecule has 0 heterocycles. The van der Waals surface area contributed by atoms with Crippen LogP contribution in [0.25, 0.3) is 0 Å². The third kappa shape index (κ3) is 5.52. The number of carbonyl (C=O) groups is 2. The summed E-state index contributed by atoms with van der Waals surface area (Å²) in [7, 11) is 4.48. The zero-order valence-electron chi connectivity index (χ0n) is 30.2. The highest BCUT2D eigenvalue weighted by molar-refractivity contribution is 8.00. The molecule has 45 heavy (non-hydrogen) atoms. The molecule has 0 saturated heterocycles. The first-order chi connectivity index (χ1) is 20.8. The summed E-state index contributed by atoms with van der Waals surface area (Å²) in [6.45, 7) is 23.3. The van der Waals surface area contributed by atoms with E-state index < -0.39 is 11.9 Å². The van der Waals surface area contributed by atoms with Crippen molar-refractivity contribution < 1.29 is 19.1 Å². The fraction of sp³-hybridized carbons (Fsp3) is 0.744. The maximum atomic E-state index is 12.3. The van der Waals surface area contributed by atoms with Crippen molar-refractivity contribution in [3.8, 4) is 11.5 Å². The summed E-state index contributed by atoms with van der Waals surface area (Å²) in [5.74, 6) is 0.616. The summed E-state index contributed by atoms with van der Waals surface area (Å²) in [5.41, 5.74) is 5.81. The number of nitrogens with zero attached hydrogens (tertiary/aromatic N) is 1. The number of allylic oxidation sites excluding steroid dienone is 1. The molecule has 0 radical (unpaired) electrons. The molecule has 4 aliphatic rings. The second kappa shape index (κ2) is 11.7. The standard InChI is InChI=1S/C39H59NO4S/c1-13-39-19-17-37(9)28-20-29(43-26(5)41)34(44-27(6)42)25(4)33(28)30(45-24(2)3)21-31(37)38(39,10)18-16-36(8)15-14-35(7,22-32(36)39)23-40(11)12/h20-21,24,30,32H,13-19,22-23H2,1-12H3/t30?,32-,35-,36-,37+,38-,39+/m1/s1. The molecule has 0 amide bonds. The zero-order valence-corrected chi connectivity index (χ0v) is 31.1. The van der Waals surface area contributed by atoms with Gasteiger partial charge in [-0.1, -0.05) is 60.1 Å². The fourth-order valence-electron chi connectivity index (χ4n) is 11.1. The second-order valence-corrected chi connectivity index (χ2v) is 18.5. The Morgan fingerprint density at radius 1 is 0.978 bits per heavy atom. The predicted octanol–water partition coefficient (Wildman–Crippen LogP) is 9.59. The number of thioether (sulfide) groups is 1. The van der Waals surface area contributed by atoms with E-state index in [0.29, 0.717) is 33.5 Å². The molecule has 7 atom stereocenters. The van der Waals surface area contributed by atoms with Crippen molar-refractivity contribution in [3.63, 3.8) is 0 Å². The van der Waals surface area contributed by atoms with Gasteiger partial charge in [0.25, 0.3) is 0 Å². The first-order valence-electron chi connectivity index (χ1n) is 17.4. The van der Waals surface area contributed by atoms with Crippen molar-refractivity contribution in [1.29, 1.82) is 0 Å². The van der Waals surface area contributed by atoms with Gasteiger partial charge in [-0.15, -0.1) is 11.8 Å². The van der Waals surface area contributed by atoms with Gasteiger partial charge in [0.15, 0.2) is 11.5 Å². The largest absolute Gasteiger partial charge is 0.423 e. The van der Waals surface area contributed by atoms with Crippen LogP contribution in [-0.2, 0) is 15.0 Å². The van der Waals surface area contributed by atoms with E-state index in [9.17, 15) is 9.59 Å². The van der Waals surface area contributed by atoms with E-state index >= 15 is 0 Å². The Morgan fingerprint density at radius 3 is 2.20 bits per heavy atom. The first kappa shape index (κ1) is 34.5. The number of benzene rings is 1.